The maximum atomic E-state index is 13.6. The first-order valence-corrected chi connectivity index (χ1v) is 11.4. The van der Waals surface area contributed by atoms with Crippen molar-refractivity contribution in [1.82, 2.24) is 5.32 Å². The van der Waals surface area contributed by atoms with Gasteiger partial charge in [-0.2, -0.15) is 0 Å². The van der Waals surface area contributed by atoms with Gasteiger partial charge in [0.05, 0.1) is 17.0 Å². The van der Waals surface area contributed by atoms with Crippen LogP contribution in [0.15, 0.2) is 78.9 Å². The van der Waals surface area contributed by atoms with Crippen molar-refractivity contribution in [1.29, 1.82) is 0 Å². The molecule has 0 heterocycles. The van der Waals surface area contributed by atoms with Gasteiger partial charge in [0.15, 0.2) is 0 Å². The van der Waals surface area contributed by atoms with Crippen LogP contribution in [0.1, 0.15) is 65.7 Å². The highest BCUT2D eigenvalue weighted by atomic mass is 16.5. The third-order valence-corrected chi connectivity index (χ3v) is 6.53. The summed E-state index contributed by atoms with van der Waals surface area (Å²) in [5.74, 6) is -0.194. The molecule has 0 spiro atoms. The highest BCUT2D eigenvalue weighted by Crippen LogP contribution is 2.42. The molecular weight excluding hydrogens is 414 g/mol. The van der Waals surface area contributed by atoms with E-state index >= 15 is 0 Å². The SMILES string of the molecule is CC(NC(=O)C1(c2cccc(OCc3ccccc3)c2)CCCC1)c1ccc(C(=O)O)cc1. The van der Waals surface area contributed by atoms with E-state index in [1.165, 1.54) is 0 Å². The topological polar surface area (TPSA) is 75.6 Å². The van der Waals surface area contributed by atoms with Crippen LogP contribution in [0.3, 0.4) is 0 Å². The Balaban J connectivity index is 1.50. The molecule has 3 aromatic rings. The van der Waals surface area contributed by atoms with E-state index < -0.39 is 11.4 Å². The number of carboxylic acid groups (broad SMARTS) is 1. The lowest BCUT2D eigenvalue weighted by molar-refractivity contribution is -0.127. The number of ether oxygens (including phenoxy) is 1. The molecule has 1 unspecified atom stereocenters. The maximum absolute atomic E-state index is 13.6. The summed E-state index contributed by atoms with van der Waals surface area (Å²) in [7, 11) is 0. The van der Waals surface area contributed by atoms with Gasteiger partial charge in [-0.25, -0.2) is 4.79 Å². The lowest BCUT2D eigenvalue weighted by atomic mass is 9.77. The van der Waals surface area contributed by atoms with E-state index in [1.54, 1.807) is 24.3 Å². The summed E-state index contributed by atoms with van der Waals surface area (Å²) in [6.45, 7) is 2.41. The molecule has 0 saturated heterocycles. The number of carbonyl (C=O) groups is 2. The van der Waals surface area contributed by atoms with E-state index in [-0.39, 0.29) is 17.5 Å². The molecule has 1 aliphatic carbocycles. The Hall–Kier alpha value is -3.60. The van der Waals surface area contributed by atoms with Crippen molar-refractivity contribution in [2.45, 2.75) is 50.7 Å². The van der Waals surface area contributed by atoms with E-state index in [1.807, 2.05) is 61.5 Å². The first-order valence-electron chi connectivity index (χ1n) is 11.4. The average molecular weight is 444 g/mol. The van der Waals surface area contributed by atoms with Gasteiger partial charge in [-0.05, 0) is 60.7 Å². The number of hydrogen-bond acceptors (Lipinski definition) is 3. The largest absolute Gasteiger partial charge is 0.489 e. The molecule has 33 heavy (non-hydrogen) atoms. The summed E-state index contributed by atoms with van der Waals surface area (Å²) in [4.78, 5) is 24.7. The number of carbonyl (C=O) groups excluding carboxylic acids is 1. The molecule has 170 valence electrons. The van der Waals surface area contributed by atoms with E-state index in [4.69, 9.17) is 9.84 Å². The summed E-state index contributed by atoms with van der Waals surface area (Å²) in [5, 5.41) is 12.3. The van der Waals surface area contributed by atoms with Crippen molar-refractivity contribution in [3.63, 3.8) is 0 Å². The molecule has 4 rings (SSSR count). The lowest BCUT2D eigenvalue weighted by Crippen LogP contribution is -2.43. The van der Waals surface area contributed by atoms with E-state index in [9.17, 15) is 9.59 Å². The number of benzene rings is 3. The van der Waals surface area contributed by atoms with Crippen LogP contribution < -0.4 is 10.1 Å². The van der Waals surface area contributed by atoms with Crippen LogP contribution in [0.2, 0.25) is 0 Å². The smallest absolute Gasteiger partial charge is 0.335 e. The summed E-state index contributed by atoms with van der Waals surface area (Å²) in [5.41, 5.74) is 2.61. The van der Waals surface area contributed by atoms with Crippen LogP contribution in [0.25, 0.3) is 0 Å². The number of nitrogens with one attached hydrogen (secondary N) is 1. The lowest BCUT2D eigenvalue weighted by Gasteiger charge is -2.30. The number of rotatable bonds is 8. The van der Waals surface area contributed by atoms with Crippen molar-refractivity contribution in [3.05, 3.63) is 101 Å². The molecule has 0 radical (unpaired) electrons. The van der Waals surface area contributed by atoms with Gasteiger partial charge in [-0.15, -0.1) is 0 Å². The van der Waals surface area contributed by atoms with E-state index in [2.05, 4.69) is 5.32 Å². The van der Waals surface area contributed by atoms with E-state index in [0.29, 0.717) is 6.61 Å². The van der Waals surface area contributed by atoms with Crippen LogP contribution in [0.5, 0.6) is 5.75 Å². The van der Waals surface area contributed by atoms with Gasteiger partial charge >= 0.3 is 5.97 Å². The first kappa shape index (κ1) is 22.6. The normalized spacial score (nSPS) is 15.5. The highest BCUT2D eigenvalue weighted by molar-refractivity contribution is 5.89. The molecule has 5 nitrogen and oxygen atoms in total. The standard InChI is InChI=1S/C28H29NO4/c1-20(22-12-14-23(15-13-22)26(30)31)29-27(32)28(16-5-6-17-28)24-10-7-11-25(18-24)33-19-21-8-3-2-4-9-21/h2-4,7-15,18,20H,5-6,16-17,19H2,1H3,(H,29,32)(H,30,31). The van der Waals surface area contributed by atoms with Crippen molar-refractivity contribution < 1.29 is 19.4 Å². The van der Waals surface area contributed by atoms with Crippen LogP contribution in [0, 0.1) is 0 Å². The molecule has 0 aromatic heterocycles. The Morgan fingerprint density at radius 2 is 1.67 bits per heavy atom. The second-order valence-electron chi connectivity index (χ2n) is 8.71. The Labute approximate surface area is 194 Å². The average Bonchev–Trinajstić information content (AvgIpc) is 3.35. The van der Waals surface area contributed by atoms with Crippen molar-refractivity contribution in [3.8, 4) is 5.75 Å². The fourth-order valence-corrected chi connectivity index (χ4v) is 4.58. The van der Waals surface area contributed by atoms with Crippen LogP contribution >= 0.6 is 0 Å². The molecule has 1 aliphatic rings. The first-order chi connectivity index (χ1) is 16.0. The van der Waals surface area contributed by atoms with E-state index in [0.717, 1.165) is 48.1 Å². The summed E-state index contributed by atoms with van der Waals surface area (Å²) in [6, 6.07) is 24.3. The molecule has 3 aromatic carbocycles. The molecule has 1 amide bonds. The molecule has 0 bridgehead atoms. The minimum atomic E-state index is -0.961. The minimum Gasteiger partial charge on any atom is -0.489 e. The van der Waals surface area contributed by atoms with Gasteiger partial charge in [0.1, 0.15) is 12.4 Å². The summed E-state index contributed by atoms with van der Waals surface area (Å²) >= 11 is 0. The zero-order chi connectivity index (χ0) is 23.3. The molecule has 1 fully saturated rings. The Bertz CT molecular complexity index is 1100. The minimum absolute atomic E-state index is 0.00928. The van der Waals surface area contributed by atoms with Crippen LogP contribution in [-0.4, -0.2) is 17.0 Å². The molecule has 0 aliphatic heterocycles. The molecular formula is C28H29NO4. The Morgan fingerprint density at radius 3 is 2.33 bits per heavy atom. The van der Waals surface area contributed by atoms with Gasteiger partial charge in [-0.1, -0.05) is 67.4 Å². The van der Waals surface area contributed by atoms with Crippen molar-refractivity contribution >= 4 is 11.9 Å². The van der Waals surface area contributed by atoms with Gasteiger partial charge in [-0.3, -0.25) is 4.79 Å². The van der Waals surface area contributed by atoms with Gasteiger partial charge in [0.2, 0.25) is 5.91 Å². The zero-order valence-electron chi connectivity index (χ0n) is 18.8. The number of aromatic carboxylic acids is 1. The maximum Gasteiger partial charge on any atom is 0.335 e. The van der Waals surface area contributed by atoms with Gasteiger partial charge in [0.25, 0.3) is 0 Å². The Morgan fingerprint density at radius 1 is 0.970 bits per heavy atom. The van der Waals surface area contributed by atoms with Crippen LogP contribution in [0.4, 0.5) is 0 Å². The number of hydrogen-bond donors (Lipinski definition) is 2. The van der Waals surface area contributed by atoms with Crippen molar-refractivity contribution in [2.75, 3.05) is 0 Å². The van der Waals surface area contributed by atoms with Crippen LogP contribution in [-0.2, 0) is 16.8 Å². The number of amides is 1. The molecule has 1 saturated carbocycles. The Kier molecular flexibility index (Phi) is 6.78. The number of carboxylic acids is 1. The monoisotopic (exact) mass is 443 g/mol. The summed E-state index contributed by atoms with van der Waals surface area (Å²) in [6.07, 6.45) is 3.60. The fourth-order valence-electron chi connectivity index (χ4n) is 4.58. The fraction of sp³-hybridized carbons (Fsp3) is 0.286. The van der Waals surface area contributed by atoms with Gasteiger partial charge < -0.3 is 15.2 Å². The zero-order valence-corrected chi connectivity index (χ0v) is 18.8. The quantitative estimate of drug-likeness (QED) is 0.471. The van der Waals surface area contributed by atoms with Crippen molar-refractivity contribution in [2.24, 2.45) is 0 Å². The predicted molar refractivity (Wildman–Crippen MR) is 127 cm³/mol. The molecule has 1 atom stereocenters. The second kappa shape index (κ2) is 9.90. The highest BCUT2D eigenvalue weighted by Gasteiger charge is 2.43. The predicted octanol–water partition coefficient (Wildman–Crippen LogP) is 5.65. The molecule has 5 heteroatoms. The molecule has 2 N–H and O–H groups in total. The summed E-state index contributed by atoms with van der Waals surface area (Å²) < 4.78 is 6.02. The third-order valence-electron chi connectivity index (χ3n) is 6.53. The second-order valence-corrected chi connectivity index (χ2v) is 8.71. The van der Waals surface area contributed by atoms with Gasteiger partial charge in [0, 0.05) is 0 Å². The third kappa shape index (κ3) is 5.08.